The lowest BCUT2D eigenvalue weighted by Gasteiger charge is -1.97. The van der Waals surface area contributed by atoms with Crippen LogP contribution in [0.2, 0.25) is 0 Å². The molecule has 96 valence electrons. The van der Waals surface area contributed by atoms with Crippen LogP contribution in [0.15, 0.2) is 48.8 Å². The average molecular weight is 264 g/mol. The first kappa shape index (κ1) is 12.1. The number of rotatable bonds is 2. The lowest BCUT2D eigenvalue weighted by atomic mass is 10.1. The number of hydrogen-bond donors (Lipinski definition) is 1. The monoisotopic (exact) mass is 264 g/mol. The van der Waals surface area contributed by atoms with Crippen LogP contribution in [0.3, 0.4) is 0 Å². The molecule has 0 aliphatic heterocycles. The van der Waals surface area contributed by atoms with Crippen LogP contribution in [-0.4, -0.2) is 15.2 Å². The Morgan fingerprint density at radius 1 is 1.15 bits per heavy atom. The fraction of sp³-hybridized carbons (Fsp3) is 0. The first-order valence-corrected chi connectivity index (χ1v) is 5.93. The Morgan fingerprint density at radius 2 is 2.05 bits per heavy atom. The predicted octanol–water partition coefficient (Wildman–Crippen LogP) is 3.15. The third-order valence-electron chi connectivity index (χ3n) is 2.87. The van der Waals surface area contributed by atoms with Gasteiger partial charge in [-0.05, 0) is 36.4 Å². The van der Waals surface area contributed by atoms with Crippen LogP contribution in [0.1, 0.15) is 5.56 Å². The molecule has 0 atom stereocenters. The second-order valence-corrected chi connectivity index (χ2v) is 4.25. The first-order chi connectivity index (χ1) is 9.76. The van der Waals surface area contributed by atoms with Crippen molar-refractivity contribution in [3.05, 3.63) is 60.2 Å². The normalized spacial score (nSPS) is 10.2. The van der Waals surface area contributed by atoms with Gasteiger partial charge >= 0.3 is 0 Å². The topological polar surface area (TPSA) is 65.4 Å². The van der Waals surface area contributed by atoms with Gasteiger partial charge in [0.05, 0.1) is 23.0 Å². The molecule has 0 saturated heterocycles. The Labute approximate surface area is 114 Å². The van der Waals surface area contributed by atoms with Gasteiger partial charge in [-0.25, -0.2) is 4.39 Å². The average Bonchev–Trinajstić information content (AvgIpc) is 2.97. The standard InChI is InChI=1S/C15H9FN4/c16-13-5-10(8-17)4-12(6-13)15-7-14(19-20-15)11-2-1-3-18-9-11/h1-7,9H,(H,19,20). The Morgan fingerprint density at radius 3 is 2.80 bits per heavy atom. The number of nitrogens with zero attached hydrogens (tertiary/aromatic N) is 3. The van der Waals surface area contributed by atoms with Crippen molar-refractivity contribution in [3.63, 3.8) is 0 Å². The van der Waals surface area contributed by atoms with Crippen molar-refractivity contribution < 1.29 is 4.39 Å². The number of benzene rings is 1. The van der Waals surface area contributed by atoms with E-state index in [4.69, 9.17) is 5.26 Å². The van der Waals surface area contributed by atoms with Crippen LogP contribution in [0.25, 0.3) is 22.5 Å². The van der Waals surface area contributed by atoms with Gasteiger partial charge in [0.25, 0.3) is 0 Å². The van der Waals surface area contributed by atoms with Crippen molar-refractivity contribution in [1.82, 2.24) is 15.2 Å². The van der Waals surface area contributed by atoms with E-state index in [1.807, 2.05) is 18.2 Å². The zero-order valence-electron chi connectivity index (χ0n) is 10.3. The van der Waals surface area contributed by atoms with E-state index in [0.717, 1.165) is 11.3 Å². The van der Waals surface area contributed by atoms with Gasteiger partial charge in [-0.2, -0.15) is 10.4 Å². The molecule has 3 rings (SSSR count). The minimum Gasteiger partial charge on any atom is -0.277 e. The van der Waals surface area contributed by atoms with E-state index >= 15 is 0 Å². The summed E-state index contributed by atoms with van der Waals surface area (Å²) in [4.78, 5) is 4.03. The molecule has 0 fully saturated rings. The summed E-state index contributed by atoms with van der Waals surface area (Å²) in [6.45, 7) is 0. The Kier molecular flexibility index (Phi) is 2.98. The molecule has 3 aromatic rings. The van der Waals surface area contributed by atoms with Gasteiger partial charge in [0.1, 0.15) is 5.82 Å². The molecule has 0 unspecified atom stereocenters. The molecule has 0 radical (unpaired) electrons. The van der Waals surface area contributed by atoms with E-state index < -0.39 is 5.82 Å². The van der Waals surface area contributed by atoms with Gasteiger partial charge in [-0.15, -0.1) is 0 Å². The molecule has 0 spiro atoms. The van der Waals surface area contributed by atoms with Crippen molar-refractivity contribution in [1.29, 1.82) is 5.26 Å². The number of nitrogens with one attached hydrogen (secondary N) is 1. The van der Waals surface area contributed by atoms with Crippen molar-refractivity contribution in [3.8, 4) is 28.6 Å². The smallest absolute Gasteiger partial charge is 0.125 e. The third kappa shape index (κ3) is 2.27. The van der Waals surface area contributed by atoms with Gasteiger partial charge in [0.15, 0.2) is 0 Å². The van der Waals surface area contributed by atoms with Crippen molar-refractivity contribution in [2.75, 3.05) is 0 Å². The molecule has 0 aliphatic carbocycles. The molecule has 4 nitrogen and oxygen atoms in total. The summed E-state index contributed by atoms with van der Waals surface area (Å²) < 4.78 is 13.4. The van der Waals surface area contributed by atoms with Crippen LogP contribution in [0, 0.1) is 17.1 Å². The molecule has 0 amide bonds. The number of pyridine rings is 1. The fourth-order valence-corrected chi connectivity index (χ4v) is 1.94. The second-order valence-electron chi connectivity index (χ2n) is 4.25. The summed E-state index contributed by atoms with van der Waals surface area (Å²) in [5, 5.41) is 15.9. The van der Waals surface area contributed by atoms with Crippen molar-refractivity contribution in [2.24, 2.45) is 0 Å². The Hall–Kier alpha value is -3.00. The minimum atomic E-state index is -0.454. The highest BCUT2D eigenvalue weighted by Gasteiger charge is 2.08. The van der Waals surface area contributed by atoms with Gasteiger partial charge in [-0.3, -0.25) is 10.1 Å². The highest BCUT2D eigenvalue weighted by atomic mass is 19.1. The highest BCUT2D eigenvalue weighted by Crippen LogP contribution is 2.24. The van der Waals surface area contributed by atoms with E-state index in [2.05, 4.69) is 15.2 Å². The summed E-state index contributed by atoms with van der Waals surface area (Å²) >= 11 is 0. The van der Waals surface area contributed by atoms with Crippen molar-refractivity contribution >= 4 is 0 Å². The number of aromatic nitrogens is 3. The third-order valence-corrected chi connectivity index (χ3v) is 2.87. The summed E-state index contributed by atoms with van der Waals surface area (Å²) in [5.74, 6) is -0.454. The molecule has 0 aliphatic rings. The van der Waals surface area contributed by atoms with E-state index in [1.165, 1.54) is 12.1 Å². The van der Waals surface area contributed by atoms with Gasteiger partial charge in [0, 0.05) is 23.5 Å². The second kappa shape index (κ2) is 4.94. The molecule has 0 saturated carbocycles. The fourth-order valence-electron chi connectivity index (χ4n) is 1.94. The van der Waals surface area contributed by atoms with Gasteiger partial charge < -0.3 is 0 Å². The molecular weight excluding hydrogens is 255 g/mol. The van der Waals surface area contributed by atoms with E-state index in [-0.39, 0.29) is 5.56 Å². The van der Waals surface area contributed by atoms with Crippen LogP contribution in [0.4, 0.5) is 4.39 Å². The minimum absolute atomic E-state index is 0.269. The Bertz CT molecular complexity index is 787. The molecule has 5 heteroatoms. The molecule has 20 heavy (non-hydrogen) atoms. The first-order valence-electron chi connectivity index (χ1n) is 5.93. The molecular formula is C15H9FN4. The van der Waals surface area contributed by atoms with Gasteiger partial charge in [0.2, 0.25) is 0 Å². The van der Waals surface area contributed by atoms with Crippen LogP contribution >= 0.6 is 0 Å². The summed E-state index contributed by atoms with van der Waals surface area (Å²) in [7, 11) is 0. The quantitative estimate of drug-likeness (QED) is 0.773. The van der Waals surface area contributed by atoms with Gasteiger partial charge in [-0.1, -0.05) is 0 Å². The summed E-state index contributed by atoms with van der Waals surface area (Å²) in [6, 6.07) is 11.6. The Balaban J connectivity index is 2.03. The summed E-state index contributed by atoms with van der Waals surface area (Å²) in [6.07, 6.45) is 3.40. The number of hydrogen-bond acceptors (Lipinski definition) is 3. The molecule has 2 heterocycles. The summed E-state index contributed by atoms with van der Waals surface area (Å²) in [5.41, 5.74) is 3.10. The SMILES string of the molecule is N#Cc1cc(F)cc(-c2cc(-c3cccnc3)[nH]n2)c1. The maximum absolute atomic E-state index is 13.4. The molecule has 0 bridgehead atoms. The number of aromatic amines is 1. The number of H-pyrrole nitrogens is 1. The lowest BCUT2D eigenvalue weighted by molar-refractivity contribution is 0.628. The van der Waals surface area contributed by atoms with Crippen LogP contribution in [0.5, 0.6) is 0 Å². The maximum Gasteiger partial charge on any atom is 0.125 e. The largest absolute Gasteiger partial charge is 0.277 e. The van der Waals surface area contributed by atoms with Crippen LogP contribution in [-0.2, 0) is 0 Å². The van der Waals surface area contributed by atoms with Crippen LogP contribution < -0.4 is 0 Å². The van der Waals surface area contributed by atoms with E-state index in [0.29, 0.717) is 11.3 Å². The van der Waals surface area contributed by atoms with E-state index in [1.54, 1.807) is 24.5 Å². The number of halogens is 1. The lowest BCUT2D eigenvalue weighted by Crippen LogP contribution is -1.84. The van der Waals surface area contributed by atoms with Crippen molar-refractivity contribution in [2.45, 2.75) is 0 Å². The van der Waals surface area contributed by atoms with E-state index in [9.17, 15) is 4.39 Å². The molecule has 1 aromatic carbocycles. The molecule has 2 aromatic heterocycles. The number of nitriles is 1. The predicted molar refractivity (Wildman–Crippen MR) is 71.9 cm³/mol. The highest BCUT2D eigenvalue weighted by molar-refractivity contribution is 5.68. The zero-order chi connectivity index (χ0) is 13.9. The zero-order valence-corrected chi connectivity index (χ0v) is 10.3. The maximum atomic E-state index is 13.4. The molecule has 1 N–H and O–H groups in total.